The highest BCUT2D eigenvalue weighted by molar-refractivity contribution is 5.91. The number of carbonyl (C=O) groups excluding carboxylic acids is 1. The van der Waals surface area contributed by atoms with Gasteiger partial charge in [-0.05, 0) is 41.5 Å². The summed E-state index contributed by atoms with van der Waals surface area (Å²) in [5.74, 6) is 0.973. The normalized spacial score (nSPS) is 11.2. The number of hydrogen-bond donors (Lipinski definition) is 3. The third kappa shape index (κ3) is 6.04. The van der Waals surface area contributed by atoms with Gasteiger partial charge in [0.2, 0.25) is 5.89 Å². The highest BCUT2D eigenvalue weighted by atomic mass is 19.1. The van der Waals surface area contributed by atoms with E-state index < -0.39 is 11.7 Å². The van der Waals surface area contributed by atoms with Gasteiger partial charge in [-0.2, -0.15) is 0 Å². The van der Waals surface area contributed by atoms with Crippen molar-refractivity contribution in [2.75, 3.05) is 13.1 Å². The Morgan fingerprint density at radius 1 is 0.927 bits per heavy atom. The number of fused-ring (bicyclic) bond motifs is 1. The summed E-state index contributed by atoms with van der Waals surface area (Å²) in [5, 5.41) is 5.95. The van der Waals surface area contributed by atoms with Gasteiger partial charge in [0, 0.05) is 37.7 Å². The Bertz CT molecular complexity index is 1780. The lowest BCUT2D eigenvalue weighted by Gasteiger charge is -2.06. The van der Waals surface area contributed by atoms with Gasteiger partial charge in [0.05, 0.1) is 29.5 Å². The molecular weight excluding hydrogens is 525 g/mol. The third-order valence-electron chi connectivity index (χ3n) is 6.52. The van der Waals surface area contributed by atoms with E-state index in [1.807, 2.05) is 24.3 Å². The van der Waals surface area contributed by atoms with Gasteiger partial charge in [-0.15, -0.1) is 0 Å². The van der Waals surface area contributed by atoms with Crippen LogP contribution in [-0.4, -0.2) is 43.9 Å². The molecular formula is C30H26FN7O3. The maximum absolute atomic E-state index is 13.7. The van der Waals surface area contributed by atoms with E-state index in [0.29, 0.717) is 37.7 Å². The molecule has 0 radical (unpaired) electrons. The van der Waals surface area contributed by atoms with E-state index in [4.69, 9.17) is 13.8 Å². The lowest BCUT2D eigenvalue weighted by Crippen LogP contribution is -2.24. The number of rotatable bonds is 11. The summed E-state index contributed by atoms with van der Waals surface area (Å²) in [7, 11) is 0. The molecule has 0 unspecified atom stereocenters. The number of amides is 1. The Balaban J connectivity index is 0.993. The topological polar surface area (TPSA) is 135 Å². The number of pyridine rings is 1. The van der Waals surface area contributed by atoms with Gasteiger partial charge in [0.1, 0.15) is 24.2 Å². The molecule has 0 spiro atoms. The summed E-state index contributed by atoms with van der Waals surface area (Å²) in [6.07, 6.45) is 7.20. The minimum absolute atomic E-state index is 0.0337. The van der Waals surface area contributed by atoms with Crippen molar-refractivity contribution in [2.45, 2.75) is 19.4 Å². The maximum atomic E-state index is 13.7. The van der Waals surface area contributed by atoms with Crippen LogP contribution in [0.25, 0.3) is 33.6 Å². The number of nitrogens with one attached hydrogen (secondary N) is 3. The molecule has 0 atom stereocenters. The molecule has 1 amide bonds. The van der Waals surface area contributed by atoms with E-state index in [0.717, 1.165) is 33.5 Å². The van der Waals surface area contributed by atoms with Crippen LogP contribution in [-0.2, 0) is 19.4 Å². The minimum Gasteiger partial charge on any atom is -0.448 e. The van der Waals surface area contributed by atoms with Crippen LogP contribution in [0.15, 0.2) is 88.4 Å². The maximum Gasteiger partial charge on any atom is 0.273 e. The average Bonchev–Trinajstić information content (AvgIpc) is 3.77. The van der Waals surface area contributed by atoms with E-state index in [1.54, 1.807) is 12.5 Å². The van der Waals surface area contributed by atoms with Crippen molar-refractivity contribution in [3.8, 4) is 22.6 Å². The number of imidazole rings is 1. The summed E-state index contributed by atoms with van der Waals surface area (Å²) in [5.41, 5.74) is 5.16. The number of nitrogens with zero attached hydrogens (tertiary/aromatic N) is 4. The zero-order valence-corrected chi connectivity index (χ0v) is 21.9. The van der Waals surface area contributed by atoms with Crippen LogP contribution in [0.3, 0.4) is 0 Å². The van der Waals surface area contributed by atoms with Crippen molar-refractivity contribution in [3.63, 3.8) is 0 Å². The van der Waals surface area contributed by atoms with Gasteiger partial charge >= 0.3 is 0 Å². The van der Waals surface area contributed by atoms with Crippen molar-refractivity contribution in [1.82, 2.24) is 35.6 Å². The molecule has 11 heteroatoms. The zero-order chi connectivity index (χ0) is 28.0. The fraction of sp³-hybridized carbons (Fsp3) is 0.167. The molecule has 0 aliphatic carbocycles. The Hall–Kier alpha value is -5.16. The van der Waals surface area contributed by atoms with Gasteiger partial charge in [-0.3, -0.25) is 9.78 Å². The quantitative estimate of drug-likeness (QED) is 0.197. The van der Waals surface area contributed by atoms with E-state index in [9.17, 15) is 9.18 Å². The molecule has 0 bridgehead atoms. The Labute approximate surface area is 234 Å². The molecule has 6 rings (SSSR count). The molecule has 10 nitrogen and oxygen atoms in total. The van der Waals surface area contributed by atoms with Crippen molar-refractivity contribution >= 4 is 16.9 Å². The number of benzene rings is 2. The smallest absolute Gasteiger partial charge is 0.273 e. The zero-order valence-electron chi connectivity index (χ0n) is 21.9. The Morgan fingerprint density at radius 3 is 2.66 bits per heavy atom. The first-order valence-electron chi connectivity index (χ1n) is 13.1. The van der Waals surface area contributed by atoms with Gasteiger partial charge in [-0.1, -0.05) is 24.3 Å². The van der Waals surface area contributed by atoms with E-state index in [2.05, 4.69) is 48.8 Å². The van der Waals surface area contributed by atoms with Crippen LogP contribution in [0.1, 0.15) is 27.9 Å². The highest BCUT2D eigenvalue weighted by Crippen LogP contribution is 2.32. The molecule has 0 aliphatic rings. The molecule has 206 valence electrons. The van der Waals surface area contributed by atoms with Crippen LogP contribution in [0.5, 0.6) is 0 Å². The van der Waals surface area contributed by atoms with E-state index in [1.165, 1.54) is 24.6 Å². The van der Waals surface area contributed by atoms with Crippen LogP contribution in [0, 0.1) is 5.82 Å². The largest absolute Gasteiger partial charge is 0.448 e. The van der Waals surface area contributed by atoms with Crippen LogP contribution >= 0.6 is 0 Å². The summed E-state index contributed by atoms with van der Waals surface area (Å²) in [4.78, 5) is 32.9. The molecule has 0 aliphatic heterocycles. The molecule has 41 heavy (non-hydrogen) atoms. The molecule has 0 fully saturated rings. The van der Waals surface area contributed by atoms with E-state index in [-0.39, 0.29) is 17.9 Å². The second kappa shape index (κ2) is 11.9. The Morgan fingerprint density at radius 2 is 1.80 bits per heavy atom. The van der Waals surface area contributed by atoms with Crippen LogP contribution in [0.2, 0.25) is 0 Å². The standard InChI is InChI=1S/C30H26FN7O3/c31-22-6-3-11-33-25(22)17-35-29(39)26-18-41-28(38-26)10-13-32-12-9-27-36-23-8-7-19(16-24(23)37-27)20-4-1-2-5-21(20)30-34-14-15-40-30/h1-8,11,14-16,18,32H,9-10,12-13,17H2,(H,35,39)(H,36,37). The number of oxazole rings is 2. The van der Waals surface area contributed by atoms with Gasteiger partial charge in [0.25, 0.3) is 5.91 Å². The highest BCUT2D eigenvalue weighted by Gasteiger charge is 2.14. The predicted octanol–water partition coefficient (Wildman–Crippen LogP) is 4.71. The molecule has 4 aromatic heterocycles. The number of hydrogen-bond acceptors (Lipinski definition) is 8. The molecule has 3 N–H and O–H groups in total. The first-order chi connectivity index (χ1) is 20.1. The van der Waals surface area contributed by atoms with Crippen LogP contribution < -0.4 is 10.6 Å². The monoisotopic (exact) mass is 551 g/mol. The number of H-pyrrole nitrogens is 1. The summed E-state index contributed by atoms with van der Waals surface area (Å²) in [6.45, 7) is 1.28. The summed E-state index contributed by atoms with van der Waals surface area (Å²) < 4.78 is 24.6. The predicted molar refractivity (Wildman–Crippen MR) is 149 cm³/mol. The van der Waals surface area contributed by atoms with E-state index >= 15 is 0 Å². The fourth-order valence-corrected chi connectivity index (χ4v) is 4.49. The first kappa shape index (κ1) is 26.1. The van der Waals surface area contributed by atoms with Crippen LogP contribution in [0.4, 0.5) is 4.39 Å². The molecule has 0 saturated heterocycles. The molecule has 4 heterocycles. The number of carbonyl (C=O) groups is 1. The average molecular weight is 552 g/mol. The number of aromatic amines is 1. The van der Waals surface area contributed by atoms with Crippen molar-refractivity contribution in [1.29, 1.82) is 0 Å². The molecule has 6 aromatic rings. The van der Waals surface area contributed by atoms with Gasteiger partial charge < -0.3 is 24.5 Å². The first-order valence-corrected chi connectivity index (χ1v) is 13.1. The lowest BCUT2D eigenvalue weighted by atomic mass is 9.99. The number of aromatic nitrogens is 5. The SMILES string of the molecule is O=C(NCc1ncccc1F)c1coc(CCNCCc2nc3ccc(-c4ccccc4-c4ncco4)cc3[nH]2)n1. The van der Waals surface area contributed by atoms with Crippen molar-refractivity contribution in [2.24, 2.45) is 0 Å². The summed E-state index contributed by atoms with van der Waals surface area (Å²) >= 11 is 0. The fourth-order valence-electron chi connectivity index (χ4n) is 4.49. The molecule has 0 saturated carbocycles. The Kier molecular flexibility index (Phi) is 7.59. The van der Waals surface area contributed by atoms with Crippen molar-refractivity contribution in [3.05, 3.63) is 108 Å². The third-order valence-corrected chi connectivity index (χ3v) is 6.52. The number of halogens is 1. The minimum atomic E-state index is -0.475. The second-order valence-corrected chi connectivity index (χ2v) is 9.29. The second-order valence-electron chi connectivity index (χ2n) is 9.29. The van der Waals surface area contributed by atoms with Crippen molar-refractivity contribution < 1.29 is 18.0 Å². The van der Waals surface area contributed by atoms with Gasteiger partial charge in [-0.25, -0.2) is 19.3 Å². The lowest BCUT2D eigenvalue weighted by molar-refractivity contribution is 0.0945. The van der Waals surface area contributed by atoms with Gasteiger partial charge in [0.15, 0.2) is 11.6 Å². The summed E-state index contributed by atoms with van der Waals surface area (Å²) in [6, 6.07) is 16.9. The molecule has 2 aromatic carbocycles.